The summed E-state index contributed by atoms with van der Waals surface area (Å²) in [5.74, 6) is 1.65. The fourth-order valence-corrected chi connectivity index (χ4v) is 3.88. The molecule has 0 spiro atoms. The molecule has 1 aromatic carbocycles. The Bertz CT molecular complexity index is 481. The van der Waals surface area contributed by atoms with Crippen molar-refractivity contribution in [3.8, 4) is 5.75 Å². The van der Waals surface area contributed by atoms with E-state index in [-0.39, 0.29) is 17.6 Å². The molecule has 2 rings (SSSR count). The van der Waals surface area contributed by atoms with Gasteiger partial charge in [-0.2, -0.15) is 0 Å². The predicted octanol–water partition coefficient (Wildman–Crippen LogP) is 2.45. The van der Waals surface area contributed by atoms with Crippen molar-refractivity contribution in [2.75, 3.05) is 11.5 Å². The molecule has 18 heavy (non-hydrogen) atoms. The van der Waals surface area contributed by atoms with E-state index in [0.717, 1.165) is 17.7 Å². The van der Waals surface area contributed by atoms with E-state index in [1.165, 1.54) is 0 Å². The molecule has 4 heteroatoms. The van der Waals surface area contributed by atoms with Crippen molar-refractivity contribution >= 4 is 9.84 Å². The van der Waals surface area contributed by atoms with Gasteiger partial charge in [-0.3, -0.25) is 0 Å². The van der Waals surface area contributed by atoms with Crippen molar-refractivity contribution in [3.05, 3.63) is 29.8 Å². The van der Waals surface area contributed by atoms with Crippen LogP contribution >= 0.6 is 0 Å². The molecule has 1 atom stereocenters. The molecule has 1 aliphatic rings. The summed E-state index contributed by atoms with van der Waals surface area (Å²) in [5.41, 5.74) is 1.11. The van der Waals surface area contributed by atoms with Gasteiger partial charge >= 0.3 is 0 Å². The number of hydrogen-bond acceptors (Lipinski definition) is 3. The first kappa shape index (κ1) is 13.4. The highest BCUT2D eigenvalue weighted by Crippen LogP contribution is 2.28. The quantitative estimate of drug-likeness (QED) is 0.824. The van der Waals surface area contributed by atoms with Crippen molar-refractivity contribution in [2.24, 2.45) is 5.92 Å². The number of hydrogen-bond donors (Lipinski definition) is 0. The lowest BCUT2D eigenvalue weighted by Gasteiger charge is -2.12. The number of sulfone groups is 1. The third-order valence-corrected chi connectivity index (χ3v) is 4.90. The van der Waals surface area contributed by atoms with Gasteiger partial charge < -0.3 is 4.74 Å². The van der Waals surface area contributed by atoms with Crippen LogP contribution in [0.15, 0.2) is 24.3 Å². The molecule has 3 nitrogen and oxygen atoms in total. The predicted molar refractivity (Wildman–Crippen MR) is 72.7 cm³/mol. The van der Waals surface area contributed by atoms with Gasteiger partial charge in [0.15, 0.2) is 9.84 Å². The summed E-state index contributed by atoms with van der Waals surface area (Å²) < 4.78 is 29.6. The summed E-state index contributed by atoms with van der Waals surface area (Å²) in [7, 11) is -3.00. The molecular weight excluding hydrogens is 248 g/mol. The molecule has 0 bridgehead atoms. The average molecular weight is 268 g/mol. The third kappa shape index (κ3) is 3.48. The van der Waals surface area contributed by atoms with Crippen LogP contribution < -0.4 is 4.74 Å². The van der Waals surface area contributed by atoms with Gasteiger partial charge in [-0.15, -0.1) is 0 Å². The first-order chi connectivity index (χ1) is 8.46. The molecule has 0 unspecified atom stereocenters. The molecule has 1 aliphatic heterocycles. The zero-order chi connectivity index (χ0) is 13.2. The maximum absolute atomic E-state index is 12.0. The Hall–Kier alpha value is -1.03. The zero-order valence-corrected chi connectivity index (χ0v) is 11.7. The third-order valence-electron chi connectivity index (χ3n) is 3.16. The molecular formula is C14H20O3S. The van der Waals surface area contributed by atoms with E-state index in [2.05, 4.69) is 0 Å². The van der Waals surface area contributed by atoms with Gasteiger partial charge in [0.1, 0.15) is 11.9 Å². The van der Waals surface area contributed by atoms with Crippen LogP contribution in [-0.2, 0) is 16.3 Å². The monoisotopic (exact) mass is 268 g/mol. The van der Waals surface area contributed by atoms with Crippen LogP contribution in [0, 0.1) is 5.92 Å². The fraction of sp³-hybridized carbons (Fsp3) is 0.571. The molecule has 0 aliphatic carbocycles. The summed E-state index contributed by atoms with van der Waals surface area (Å²) in [4.78, 5) is 0. The molecule has 0 fully saturated rings. The van der Waals surface area contributed by atoms with E-state index in [1.807, 2.05) is 38.1 Å². The van der Waals surface area contributed by atoms with Gasteiger partial charge in [-0.25, -0.2) is 8.42 Å². The van der Waals surface area contributed by atoms with Gasteiger partial charge in [0.25, 0.3) is 0 Å². The zero-order valence-electron chi connectivity index (χ0n) is 10.9. The molecule has 1 heterocycles. The Kier molecular flexibility index (Phi) is 3.95. The number of ether oxygens (including phenoxy) is 1. The minimum absolute atomic E-state index is 0.133. The highest BCUT2D eigenvalue weighted by atomic mass is 32.2. The van der Waals surface area contributed by atoms with E-state index in [0.29, 0.717) is 12.3 Å². The number of rotatable bonds is 5. The average Bonchev–Trinajstić information content (AvgIpc) is 2.67. The highest BCUT2D eigenvalue weighted by molar-refractivity contribution is 7.91. The summed E-state index contributed by atoms with van der Waals surface area (Å²) in [6, 6.07) is 7.76. The molecule has 0 aromatic heterocycles. The van der Waals surface area contributed by atoms with Crippen molar-refractivity contribution in [1.82, 2.24) is 0 Å². The van der Waals surface area contributed by atoms with Crippen LogP contribution in [0.3, 0.4) is 0 Å². The summed E-state index contributed by atoms with van der Waals surface area (Å²) in [6.45, 7) is 4.08. The summed E-state index contributed by atoms with van der Waals surface area (Å²) >= 11 is 0. The minimum atomic E-state index is -3.00. The number of para-hydroxylation sites is 1. The molecule has 0 saturated carbocycles. The van der Waals surface area contributed by atoms with E-state index in [9.17, 15) is 8.42 Å². The van der Waals surface area contributed by atoms with Gasteiger partial charge in [-0.05, 0) is 24.0 Å². The van der Waals surface area contributed by atoms with Crippen molar-refractivity contribution in [1.29, 1.82) is 0 Å². The molecule has 0 N–H and O–H groups in total. The van der Waals surface area contributed by atoms with Gasteiger partial charge in [0.2, 0.25) is 0 Å². The molecule has 100 valence electrons. The largest absolute Gasteiger partial charge is 0.489 e. The van der Waals surface area contributed by atoms with E-state index < -0.39 is 9.84 Å². The minimum Gasteiger partial charge on any atom is -0.489 e. The normalized spacial score (nSPS) is 18.7. The Balaban J connectivity index is 1.93. The second-order valence-corrected chi connectivity index (χ2v) is 7.58. The van der Waals surface area contributed by atoms with Crippen molar-refractivity contribution in [3.63, 3.8) is 0 Å². The van der Waals surface area contributed by atoms with Crippen LogP contribution in [0.4, 0.5) is 0 Å². The Morgan fingerprint density at radius 2 is 2.06 bits per heavy atom. The molecule has 0 radical (unpaired) electrons. The van der Waals surface area contributed by atoms with E-state index >= 15 is 0 Å². The maximum atomic E-state index is 12.0. The number of fused-ring (bicyclic) bond motifs is 1. The van der Waals surface area contributed by atoms with Crippen molar-refractivity contribution < 1.29 is 13.2 Å². The van der Waals surface area contributed by atoms with Gasteiger partial charge in [0, 0.05) is 6.42 Å². The second kappa shape index (κ2) is 5.31. The first-order valence-corrected chi connectivity index (χ1v) is 8.23. The fourth-order valence-electron chi connectivity index (χ4n) is 2.13. The van der Waals surface area contributed by atoms with Crippen molar-refractivity contribution in [2.45, 2.75) is 32.8 Å². The van der Waals surface area contributed by atoms with E-state index in [4.69, 9.17) is 4.74 Å². The highest BCUT2D eigenvalue weighted by Gasteiger charge is 2.27. The summed E-state index contributed by atoms with van der Waals surface area (Å²) in [5, 5.41) is 0. The SMILES string of the molecule is CC(C)CCS(=O)(=O)C[C@H]1Cc2ccccc2O1. The van der Waals surface area contributed by atoms with Crippen LogP contribution in [0.25, 0.3) is 0 Å². The maximum Gasteiger partial charge on any atom is 0.153 e. The Morgan fingerprint density at radius 1 is 1.33 bits per heavy atom. The second-order valence-electron chi connectivity index (χ2n) is 5.35. The Morgan fingerprint density at radius 3 is 2.72 bits per heavy atom. The molecule has 0 amide bonds. The topological polar surface area (TPSA) is 43.4 Å². The van der Waals surface area contributed by atoms with Crippen LogP contribution in [0.5, 0.6) is 5.75 Å². The smallest absolute Gasteiger partial charge is 0.153 e. The van der Waals surface area contributed by atoms with Gasteiger partial charge in [-0.1, -0.05) is 32.0 Å². The molecule has 1 aromatic rings. The van der Waals surface area contributed by atoms with Crippen LogP contribution in [0.2, 0.25) is 0 Å². The summed E-state index contributed by atoms with van der Waals surface area (Å²) in [6.07, 6.45) is 1.22. The lowest BCUT2D eigenvalue weighted by atomic mass is 10.1. The Labute approximate surface area is 109 Å². The lowest BCUT2D eigenvalue weighted by molar-refractivity contribution is 0.256. The van der Waals surface area contributed by atoms with Gasteiger partial charge in [0.05, 0.1) is 11.5 Å². The number of benzene rings is 1. The first-order valence-electron chi connectivity index (χ1n) is 6.41. The lowest BCUT2D eigenvalue weighted by Crippen LogP contribution is -2.27. The van der Waals surface area contributed by atoms with E-state index in [1.54, 1.807) is 0 Å². The van der Waals surface area contributed by atoms with Crippen LogP contribution in [0.1, 0.15) is 25.8 Å². The standard InChI is InChI=1S/C14H20O3S/c1-11(2)7-8-18(15,16)10-13-9-12-5-3-4-6-14(12)17-13/h3-6,11,13H,7-10H2,1-2H3/t13-/m1/s1. The molecule has 0 saturated heterocycles. The van der Waals surface area contributed by atoms with Crippen LogP contribution in [-0.4, -0.2) is 26.0 Å².